The molecule has 1 amide bonds. The van der Waals surface area contributed by atoms with E-state index in [0.717, 1.165) is 4.90 Å². The van der Waals surface area contributed by atoms with Crippen LogP contribution in [-0.4, -0.2) is 28.8 Å². The highest BCUT2D eigenvalue weighted by Crippen LogP contribution is 2.41. The van der Waals surface area contributed by atoms with Crippen LogP contribution in [0.1, 0.15) is 13.3 Å². The van der Waals surface area contributed by atoms with Crippen molar-refractivity contribution in [2.75, 3.05) is 17.2 Å². The van der Waals surface area contributed by atoms with Crippen LogP contribution < -0.4 is 10.6 Å². The third-order valence-corrected chi connectivity index (χ3v) is 4.15. The van der Waals surface area contributed by atoms with Gasteiger partial charge in [0.05, 0.1) is 10.9 Å². The molecular weight excluding hydrogens is 252 g/mol. The second-order valence-corrected chi connectivity index (χ2v) is 5.30. The summed E-state index contributed by atoms with van der Waals surface area (Å²) in [5.74, 6) is -1.17. The van der Waals surface area contributed by atoms with E-state index in [9.17, 15) is 9.59 Å². The number of thioether (sulfide) groups is 1. The highest BCUT2D eigenvalue weighted by Gasteiger charge is 2.33. The highest BCUT2D eigenvalue weighted by molar-refractivity contribution is 8.01. The van der Waals surface area contributed by atoms with Crippen LogP contribution >= 0.6 is 11.8 Å². The van der Waals surface area contributed by atoms with Gasteiger partial charge < -0.3 is 10.8 Å². The number of carbonyl (C=O) groups excluding carboxylic acids is 1. The number of amides is 1. The van der Waals surface area contributed by atoms with Crippen molar-refractivity contribution in [2.45, 2.75) is 23.5 Å². The summed E-state index contributed by atoms with van der Waals surface area (Å²) in [5, 5.41) is 8.66. The molecule has 96 valence electrons. The Morgan fingerprint density at radius 3 is 2.89 bits per heavy atom. The van der Waals surface area contributed by atoms with Crippen LogP contribution in [0.25, 0.3) is 0 Å². The van der Waals surface area contributed by atoms with Gasteiger partial charge in [0, 0.05) is 10.6 Å². The number of fused-ring (bicyclic) bond motifs is 1. The Morgan fingerprint density at radius 1 is 1.56 bits per heavy atom. The van der Waals surface area contributed by atoms with Crippen LogP contribution in [0.4, 0.5) is 11.4 Å². The average Bonchev–Trinajstić information content (AvgIpc) is 2.31. The van der Waals surface area contributed by atoms with Crippen LogP contribution in [0.15, 0.2) is 23.1 Å². The number of carboxylic acids is 1. The molecule has 0 saturated heterocycles. The molecule has 0 radical (unpaired) electrons. The second-order valence-electron chi connectivity index (χ2n) is 4.06. The maximum absolute atomic E-state index is 12.2. The number of nitrogen functional groups attached to an aromatic ring is 1. The summed E-state index contributed by atoms with van der Waals surface area (Å²) in [4.78, 5) is 25.2. The first-order valence-electron chi connectivity index (χ1n) is 5.62. The lowest BCUT2D eigenvalue weighted by Crippen LogP contribution is -2.43. The first-order chi connectivity index (χ1) is 8.52. The van der Waals surface area contributed by atoms with E-state index in [0.29, 0.717) is 17.8 Å². The molecule has 0 aliphatic carbocycles. The van der Waals surface area contributed by atoms with Crippen LogP contribution in [0.3, 0.4) is 0 Å². The van der Waals surface area contributed by atoms with Crippen LogP contribution in [0.2, 0.25) is 0 Å². The minimum absolute atomic E-state index is 0.151. The van der Waals surface area contributed by atoms with Crippen molar-refractivity contribution in [3.63, 3.8) is 0 Å². The molecule has 6 heteroatoms. The molecule has 1 aliphatic heterocycles. The van der Waals surface area contributed by atoms with E-state index < -0.39 is 5.97 Å². The molecule has 1 aromatic carbocycles. The molecule has 1 aliphatic rings. The standard InChI is InChI=1S/C12H14N2O3S/c1-2-9-12(17)14(6-11(15)16)8-4-3-7(13)5-10(8)18-9/h3-5,9H,2,6,13H2,1H3,(H,15,16). The van der Waals surface area contributed by atoms with Crippen molar-refractivity contribution in [3.8, 4) is 0 Å². The van der Waals surface area contributed by atoms with Crippen molar-refractivity contribution in [1.29, 1.82) is 0 Å². The molecule has 5 nitrogen and oxygen atoms in total. The number of hydrogen-bond donors (Lipinski definition) is 2. The van der Waals surface area contributed by atoms with Gasteiger partial charge in [-0.3, -0.25) is 14.5 Å². The van der Waals surface area contributed by atoms with Gasteiger partial charge in [-0.05, 0) is 24.6 Å². The summed E-state index contributed by atoms with van der Waals surface area (Å²) in [7, 11) is 0. The number of carboxylic acid groups (broad SMARTS) is 1. The molecule has 18 heavy (non-hydrogen) atoms. The van der Waals surface area contributed by atoms with E-state index in [4.69, 9.17) is 10.8 Å². The number of hydrogen-bond acceptors (Lipinski definition) is 4. The van der Waals surface area contributed by atoms with Crippen molar-refractivity contribution in [3.05, 3.63) is 18.2 Å². The SMILES string of the molecule is CCC1Sc2cc(N)ccc2N(CC(=O)O)C1=O. The van der Waals surface area contributed by atoms with E-state index in [1.165, 1.54) is 16.7 Å². The zero-order chi connectivity index (χ0) is 13.3. The van der Waals surface area contributed by atoms with Crippen molar-refractivity contribution < 1.29 is 14.7 Å². The summed E-state index contributed by atoms with van der Waals surface area (Å²) < 4.78 is 0. The third-order valence-electron chi connectivity index (χ3n) is 2.75. The molecular formula is C12H14N2O3S. The molecule has 2 rings (SSSR count). The topological polar surface area (TPSA) is 83.6 Å². The monoisotopic (exact) mass is 266 g/mol. The minimum atomic E-state index is -1.02. The van der Waals surface area contributed by atoms with Gasteiger partial charge in [0.2, 0.25) is 5.91 Å². The molecule has 1 heterocycles. The smallest absolute Gasteiger partial charge is 0.323 e. The minimum Gasteiger partial charge on any atom is -0.480 e. The Hall–Kier alpha value is -1.69. The Bertz CT molecular complexity index is 504. The molecule has 3 N–H and O–H groups in total. The van der Waals surface area contributed by atoms with Gasteiger partial charge in [-0.15, -0.1) is 11.8 Å². The van der Waals surface area contributed by atoms with Gasteiger partial charge >= 0.3 is 5.97 Å². The first kappa shape index (κ1) is 12.8. The van der Waals surface area contributed by atoms with E-state index in [-0.39, 0.29) is 17.7 Å². The molecule has 0 spiro atoms. The Morgan fingerprint density at radius 2 is 2.28 bits per heavy atom. The number of aliphatic carboxylic acids is 1. The molecule has 1 atom stereocenters. The van der Waals surface area contributed by atoms with Crippen LogP contribution in [0.5, 0.6) is 0 Å². The number of nitrogens with two attached hydrogens (primary N) is 1. The van der Waals surface area contributed by atoms with E-state index in [1.54, 1.807) is 18.2 Å². The quantitative estimate of drug-likeness (QED) is 0.811. The highest BCUT2D eigenvalue weighted by atomic mass is 32.2. The van der Waals surface area contributed by atoms with Crippen molar-refractivity contribution in [2.24, 2.45) is 0 Å². The normalized spacial score (nSPS) is 18.6. The van der Waals surface area contributed by atoms with Gasteiger partial charge in [0.15, 0.2) is 0 Å². The Labute approximate surface area is 109 Å². The number of anilines is 2. The van der Waals surface area contributed by atoms with Crippen molar-refractivity contribution in [1.82, 2.24) is 0 Å². The molecule has 0 saturated carbocycles. The van der Waals surface area contributed by atoms with Gasteiger partial charge in [0.25, 0.3) is 0 Å². The molecule has 1 aromatic rings. The van der Waals surface area contributed by atoms with E-state index in [2.05, 4.69) is 0 Å². The average molecular weight is 266 g/mol. The Kier molecular flexibility index (Phi) is 3.47. The van der Waals surface area contributed by atoms with Crippen LogP contribution in [-0.2, 0) is 9.59 Å². The van der Waals surface area contributed by atoms with Gasteiger partial charge in [-0.2, -0.15) is 0 Å². The summed E-state index contributed by atoms with van der Waals surface area (Å²) in [6.45, 7) is 1.60. The summed E-state index contributed by atoms with van der Waals surface area (Å²) >= 11 is 1.45. The van der Waals surface area contributed by atoms with E-state index in [1.807, 2.05) is 6.92 Å². The van der Waals surface area contributed by atoms with Crippen LogP contribution in [0, 0.1) is 0 Å². The van der Waals surface area contributed by atoms with Gasteiger partial charge in [-0.25, -0.2) is 0 Å². The summed E-state index contributed by atoms with van der Waals surface area (Å²) in [5.41, 5.74) is 6.96. The lowest BCUT2D eigenvalue weighted by Gasteiger charge is -2.32. The second kappa shape index (κ2) is 4.89. The predicted molar refractivity (Wildman–Crippen MR) is 70.8 cm³/mol. The third kappa shape index (κ3) is 2.28. The van der Waals surface area contributed by atoms with Gasteiger partial charge in [0.1, 0.15) is 6.54 Å². The largest absolute Gasteiger partial charge is 0.480 e. The predicted octanol–water partition coefficient (Wildman–Crippen LogP) is 1.57. The van der Waals surface area contributed by atoms with E-state index >= 15 is 0 Å². The maximum atomic E-state index is 12.2. The lowest BCUT2D eigenvalue weighted by molar-refractivity contribution is -0.136. The maximum Gasteiger partial charge on any atom is 0.323 e. The molecule has 1 unspecified atom stereocenters. The lowest BCUT2D eigenvalue weighted by atomic mass is 10.2. The fourth-order valence-electron chi connectivity index (χ4n) is 1.90. The molecule has 0 aromatic heterocycles. The Balaban J connectivity index is 2.44. The molecule has 0 bridgehead atoms. The fraction of sp³-hybridized carbons (Fsp3) is 0.333. The molecule has 0 fully saturated rings. The zero-order valence-corrected chi connectivity index (χ0v) is 10.7. The number of rotatable bonds is 3. The summed E-state index contributed by atoms with van der Waals surface area (Å²) in [6, 6.07) is 5.15. The summed E-state index contributed by atoms with van der Waals surface area (Å²) in [6.07, 6.45) is 0.661. The number of benzene rings is 1. The van der Waals surface area contributed by atoms with Crippen molar-refractivity contribution >= 4 is 35.0 Å². The fourth-order valence-corrected chi connectivity index (χ4v) is 3.10. The van der Waals surface area contributed by atoms with Gasteiger partial charge in [-0.1, -0.05) is 6.92 Å². The first-order valence-corrected chi connectivity index (χ1v) is 6.50. The number of carbonyl (C=O) groups is 2. The number of nitrogens with zero attached hydrogens (tertiary/aromatic N) is 1. The zero-order valence-electron chi connectivity index (χ0n) is 9.92.